The van der Waals surface area contributed by atoms with Crippen molar-refractivity contribution in [1.29, 1.82) is 0 Å². The molecule has 7 heteroatoms. The minimum atomic E-state index is -0.249. The molecule has 0 unspecified atom stereocenters. The van der Waals surface area contributed by atoms with Crippen molar-refractivity contribution < 1.29 is 19.1 Å². The monoisotopic (exact) mass is 428 g/mol. The third-order valence-corrected chi connectivity index (χ3v) is 5.64. The number of likely N-dealkylation sites (tertiary alicyclic amines) is 1. The summed E-state index contributed by atoms with van der Waals surface area (Å²) in [7, 11) is 0. The topological polar surface area (TPSA) is 67.9 Å². The van der Waals surface area contributed by atoms with E-state index in [4.69, 9.17) is 21.1 Å². The number of amides is 2. The van der Waals surface area contributed by atoms with E-state index in [9.17, 15) is 9.59 Å². The molecule has 0 saturated carbocycles. The van der Waals surface area contributed by atoms with E-state index in [0.29, 0.717) is 47.4 Å². The molecule has 0 bridgehead atoms. The summed E-state index contributed by atoms with van der Waals surface area (Å²) in [5.41, 5.74) is 2.02. The minimum Gasteiger partial charge on any atom is -0.489 e. The highest BCUT2D eigenvalue weighted by Crippen LogP contribution is 2.38. The van der Waals surface area contributed by atoms with Crippen molar-refractivity contribution >= 4 is 23.4 Å². The maximum Gasteiger partial charge on any atom is 0.253 e. The zero-order chi connectivity index (χ0) is 20.9. The lowest BCUT2D eigenvalue weighted by Crippen LogP contribution is -2.35. The number of hydrogen-bond acceptors (Lipinski definition) is 4. The van der Waals surface area contributed by atoms with Gasteiger partial charge < -0.3 is 19.7 Å². The van der Waals surface area contributed by atoms with Crippen LogP contribution in [0.25, 0.3) is 0 Å². The normalized spacial score (nSPS) is 16.0. The van der Waals surface area contributed by atoms with E-state index in [1.54, 1.807) is 12.1 Å². The first-order valence-electron chi connectivity index (χ1n) is 10.4. The molecule has 6 nitrogen and oxygen atoms in total. The molecular weight excluding hydrogens is 404 g/mol. The largest absolute Gasteiger partial charge is 0.489 e. The van der Waals surface area contributed by atoms with E-state index in [1.165, 1.54) is 6.42 Å². The standard InChI is InChI=1S/C23H25ClN2O4/c24-19-13-18(14-20-21(19)30-12-4-11-29-20)22(27)25-15-16-5-7-17(8-6-16)23(28)26-9-2-1-3-10-26/h5-8,13-14H,1-4,9-12,15H2,(H,25,27). The number of carbonyl (C=O) groups is 2. The Hall–Kier alpha value is -2.73. The van der Waals surface area contributed by atoms with E-state index in [-0.39, 0.29) is 11.8 Å². The summed E-state index contributed by atoms with van der Waals surface area (Å²) in [4.78, 5) is 27.1. The van der Waals surface area contributed by atoms with E-state index < -0.39 is 0 Å². The van der Waals surface area contributed by atoms with E-state index in [0.717, 1.165) is 37.9 Å². The zero-order valence-corrected chi connectivity index (χ0v) is 17.5. The van der Waals surface area contributed by atoms with E-state index in [2.05, 4.69) is 5.32 Å². The Morgan fingerprint density at radius 1 is 0.933 bits per heavy atom. The van der Waals surface area contributed by atoms with Gasteiger partial charge in [-0.3, -0.25) is 9.59 Å². The number of ether oxygens (including phenoxy) is 2. The number of fused-ring (bicyclic) bond motifs is 1. The van der Waals surface area contributed by atoms with Crippen molar-refractivity contribution in [2.75, 3.05) is 26.3 Å². The second-order valence-corrected chi connectivity index (χ2v) is 7.98. The summed E-state index contributed by atoms with van der Waals surface area (Å²) in [6.45, 7) is 3.07. The number of benzene rings is 2. The fraction of sp³-hybridized carbons (Fsp3) is 0.391. The van der Waals surface area contributed by atoms with Gasteiger partial charge in [0, 0.05) is 37.2 Å². The number of nitrogens with one attached hydrogen (secondary N) is 1. The van der Waals surface area contributed by atoms with Crippen LogP contribution in [0, 0.1) is 0 Å². The molecule has 0 aromatic heterocycles. The Morgan fingerprint density at radius 3 is 2.43 bits per heavy atom. The average Bonchev–Trinajstić information content (AvgIpc) is 3.04. The van der Waals surface area contributed by atoms with Gasteiger partial charge in [0.2, 0.25) is 0 Å². The molecular formula is C23H25ClN2O4. The Labute approximate surface area is 181 Å². The highest BCUT2D eigenvalue weighted by atomic mass is 35.5. The molecule has 0 aliphatic carbocycles. The van der Waals surface area contributed by atoms with Gasteiger partial charge in [0.05, 0.1) is 18.2 Å². The molecule has 1 N–H and O–H groups in total. The quantitative estimate of drug-likeness (QED) is 0.797. The molecule has 0 atom stereocenters. The van der Waals surface area contributed by atoms with Gasteiger partial charge in [0.15, 0.2) is 11.5 Å². The van der Waals surface area contributed by atoms with Crippen molar-refractivity contribution in [3.63, 3.8) is 0 Å². The SMILES string of the molecule is O=C(NCc1ccc(C(=O)N2CCCCC2)cc1)c1cc(Cl)c2c(c1)OCCCO2. The Balaban J connectivity index is 1.37. The maximum atomic E-state index is 12.6. The Kier molecular flexibility index (Phi) is 6.43. The fourth-order valence-corrected chi connectivity index (χ4v) is 3.96. The number of carbonyl (C=O) groups excluding carboxylic acids is 2. The summed E-state index contributed by atoms with van der Waals surface area (Å²) in [6, 6.07) is 10.6. The van der Waals surface area contributed by atoms with Crippen LogP contribution in [-0.2, 0) is 6.54 Å². The van der Waals surface area contributed by atoms with Crippen LogP contribution in [0.5, 0.6) is 11.5 Å². The van der Waals surface area contributed by atoms with Crippen LogP contribution in [0.1, 0.15) is 52.0 Å². The van der Waals surface area contributed by atoms with Gasteiger partial charge in [-0.2, -0.15) is 0 Å². The molecule has 158 valence electrons. The molecule has 1 fully saturated rings. The molecule has 2 amide bonds. The molecule has 0 radical (unpaired) electrons. The van der Waals surface area contributed by atoms with Crippen LogP contribution in [0.15, 0.2) is 36.4 Å². The predicted molar refractivity (Wildman–Crippen MR) is 114 cm³/mol. The molecule has 2 aromatic carbocycles. The van der Waals surface area contributed by atoms with Crippen LogP contribution in [0.4, 0.5) is 0 Å². The first-order valence-corrected chi connectivity index (χ1v) is 10.8. The number of nitrogens with zero attached hydrogens (tertiary/aromatic N) is 1. The van der Waals surface area contributed by atoms with E-state index >= 15 is 0 Å². The van der Waals surface area contributed by atoms with Crippen molar-refractivity contribution in [2.45, 2.75) is 32.2 Å². The molecule has 1 saturated heterocycles. The highest BCUT2D eigenvalue weighted by molar-refractivity contribution is 6.32. The first kappa shape index (κ1) is 20.5. The Morgan fingerprint density at radius 2 is 1.67 bits per heavy atom. The fourth-order valence-electron chi connectivity index (χ4n) is 3.69. The highest BCUT2D eigenvalue weighted by Gasteiger charge is 2.19. The van der Waals surface area contributed by atoms with Gasteiger partial charge >= 0.3 is 0 Å². The Bertz CT molecular complexity index is 924. The van der Waals surface area contributed by atoms with Crippen LogP contribution in [-0.4, -0.2) is 43.0 Å². The molecule has 0 spiro atoms. The summed E-state index contributed by atoms with van der Waals surface area (Å²) >= 11 is 6.27. The van der Waals surface area contributed by atoms with Gasteiger partial charge in [-0.25, -0.2) is 0 Å². The van der Waals surface area contributed by atoms with Crippen molar-refractivity contribution in [1.82, 2.24) is 10.2 Å². The predicted octanol–water partition coefficient (Wildman–Crippen LogP) is 4.06. The second-order valence-electron chi connectivity index (χ2n) is 7.57. The second kappa shape index (κ2) is 9.39. The maximum absolute atomic E-state index is 12.6. The van der Waals surface area contributed by atoms with Crippen LogP contribution >= 0.6 is 11.6 Å². The smallest absolute Gasteiger partial charge is 0.253 e. The average molecular weight is 429 g/mol. The lowest BCUT2D eigenvalue weighted by molar-refractivity contribution is 0.0724. The summed E-state index contributed by atoms with van der Waals surface area (Å²) in [5.74, 6) is 0.804. The van der Waals surface area contributed by atoms with Gasteiger partial charge in [-0.05, 0) is 49.1 Å². The molecule has 2 aliphatic heterocycles. The first-order chi connectivity index (χ1) is 14.6. The molecule has 2 aromatic rings. The molecule has 2 heterocycles. The molecule has 4 rings (SSSR count). The van der Waals surface area contributed by atoms with Crippen LogP contribution < -0.4 is 14.8 Å². The zero-order valence-electron chi connectivity index (χ0n) is 16.8. The third kappa shape index (κ3) is 4.70. The summed E-state index contributed by atoms with van der Waals surface area (Å²) < 4.78 is 11.2. The number of piperidine rings is 1. The van der Waals surface area contributed by atoms with E-state index in [1.807, 2.05) is 29.2 Å². The third-order valence-electron chi connectivity index (χ3n) is 5.36. The number of rotatable bonds is 4. The summed E-state index contributed by atoms with van der Waals surface area (Å²) in [6.07, 6.45) is 4.10. The van der Waals surface area contributed by atoms with Gasteiger partial charge in [0.25, 0.3) is 11.8 Å². The number of hydrogen-bond donors (Lipinski definition) is 1. The summed E-state index contributed by atoms with van der Waals surface area (Å²) in [5, 5.41) is 3.25. The van der Waals surface area contributed by atoms with Crippen molar-refractivity contribution in [3.05, 3.63) is 58.1 Å². The van der Waals surface area contributed by atoms with Gasteiger partial charge in [0.1, 0.15) is 0 Å². The van der Waals surface area contributed by atoms with Crippen molar-refractivity contribution in [3.8, 4) is 11.5 Å². The van der Waals surface area contributed by atoms with Crippen LogP contribution in [0.3, 0.4) is 0 Å². The minimum absolute atomic E-state index is 0.0760. The lowest BCUT2D eigenvalue weighted by atomic mass is 10.1. The lowest BCUT2D eigenvalue weighted by Gasteiger charge is -2.26. The number of halogens is 1. The van der Waals surface area contributed by atoms with Crippen LogP contribution in [0.2, 0.25) is 5.02 Å². The molecule has 2 aliphatic rings. The molecule has 30 heavy (non-hydrogen) atoms. The van der Waals surface area contributed by atoms with Crippen molar-refractivity contribution in [2.24, 2.45) is 0 Å². The van der Waals surface area contributed by atoms with Gasteiger partial charge in [-0.1, -0.05) is 23.7 Å². The van der Waals surface area contributed by atoms with Gasteiger partial charge in [-0.15, -0.1) is 0 Å².